The van der Waals surface area contributed by atoms with Gasteiger partial charge in [0.25, 0.3) is 5.91 Å². The number of carbonyl (C=O) groups is 2. The summed E-state index contributed by atoms with van der Waals surface area (Å²) in [4.78, 5) is 22.3. The van der Waals surface area contributed by atoms with Crippen LogP contribution in [0.4, 0.5) is 0 Å². The highest BCUT2D eigenvalue weighted by Crippen LogP contribution is 2.02. The molecular formula is C9H11N3O3. The van der Waals surface area contributed by atoms with Crippen LogP contribution in [-0.2, 0) is 16.1 Å². The Kier molecular flexibility index (Phi) is 2.68. The molecule has 0 aliphatic carbocycles. The minimum atomic E-state index is -0.496. The number of rotatable bonds is 3. The molecule has 80 valence electrons. The normalized spacial score (nSPS) is 20.9. The molecule has 1 aliphatic heterocycles. The Labute approximate surface area is 86.0 Å². The van der Waals surface area contributed by atoms with Gasteiger partial charge in [-0.25, -0.2) is 0 Å². The van der Waals surface area contributed by atoms with Crippen LogP contribution in [-0.4, -0.2) is 17.9 Å². The van der Waals surface area contributed by atoms with Crippen molar-refractivity contribution in [1.29, 1.82) is 0 Å². The molecule has 2 rings (SSSR count). The number of furan rings is 1. The zero-order chi connectivity index (χ0) is 10.7. The Balaban J connectivity index is 1.88. The van der Waals surface area contributed by atoms with Crippen LogP contribution in [0.5, 0.6) is 0 Å². The van der Waals surface area contributed by atoms with Gasteiger partial charge in [-0.1, -0.05) is 0 Å². The van der Waals surface area contributed by atoms with E-state index in [1.807, 2.05) is 0 Å². The number of hydrogen-bond donors (Lipinski definition) is 3. The van der Waals surface area contributed by atoms with Gasteiger partial charge in [0.1, 0.15) is 5.76 Å². The monoisotopic (exact) mass is 209 g/mol. The lowest BCUT2D eigenvalue weighted by Gasteiger charge is -2.22. The maximum atomic E-state index is 11.3. The second kappa shape index (κ2) is 4.14. The molecule has 2 heterocycles. The smallest absolute Gasteiger partial charge is 0.256 e. The quantitative estimate of drug-likeness (QED) is 0.614. The van der Waals surface area contributed by atoms with Crippen LogP contribution >= 0.6 is 0 Å². The summed E-state index contributed by atoms with van der Waals surface area (Å²) in [6.07, 6.45) is 1.71. The molecule has 1 saturated heterocycles. The van der Waals surface area contributed by atoms with E-state index in [-0.39, 0.29) is 18.2 Å². The Morgan fingerprint density at radius 1 is 1.47 bits per heavy atom. The van der Waals surface area contributed by atoms with Crippen molar-refractivity contribution in [3.8, 4) is 0 Å². The Morgan fingerprint density at radius 2 is 2.33 bits per heavy atom. The summed E-state index contributed by atoms with van der Waals surface area (Å²) in [6, 6.07) is 3.07. The number of hydrogen-bond acceptors (Lipinski definition) is 4. The fraction of sp³-hybridized carbons (Fsp3) is 0.333. The lowest BCUT2D eigenvalue weighted by atomic mass is 10.1. The topological polar surface area (TPSA) is 83.4 Å². The van der Waals surface area contributed by atoms with Gasteiger partial charge in [0, 0.05) is 0 Å². The Morgan fingerprint density at radius 3 is 3.07 bits per heavy atom. The van der Waals surface area contributed by atoms with Crippen molar-refractivity contribution in [3.05, 3.63) is 24.2 Å². The predicted molar refractivity (Wildman–Crippen MR) is 50.2 cm³/mol. The number of hydrazine groups is 1. The molecular weight excluding hydrogens is 198 g/mol. The van der Waals surface area contributed by atoms with E-state index in [4.69, 9.17) is 4.42 Å². The molecule has 6 nitrogen and oxygen atoms in total. The minimum absolute atomic E-state index is 0.145. The molecule has 0 radical (unpaired) electrons. The summed E-state index contributed by atoms with van der Waals surface area (Å²) >= 11 is 0. The molecule has 1 aromatic heterocycles. The van der Waals surface area contributed by atoms with E-state index in [9.17, 15) is 9.59 Å². The van der Waals surface area contributed by atoms with Crippen molar-refractivity contribution >= 4 is 11.8 Å². The first-order valence-electron chi connectivity index (χ1n) is 4.60. The summed E-state index contributed by atoms with van der Waals surface area (Å²) in [5.74, 6) is 0.293. The maximum Gasteiger partial charge on any atom is 0.256 e. The van der Waals surface area contributed by atoms with E-state index >= 15 is 0 Å². The predicted octanol–water partition coefficient (Wildman–Crippen LogP) is -0.711. The first-order valence-corrected chi connectivity index (χ1v) is 4.60. The third kappa shape index (κ3) is 2.35. The van der Waals surface area contributed by atoms with E-state index in [0.717, 1.165) is 5.76 Å². The zero-order valence-electron chi connectivity index (χ0n) is 7.95. The van der Waals surface area contributed by atoms with Gasteiger partial charge >= 0.3 is 0 Å². The highest BCUT2D eigenvalue weighted by Gasteiger charge is 2.26. The second-order valence-electron chi connectivity index (χ2n) is 3.25. The summed E-state index contributed by atoms with van der Waals surface area (Å²) < 4.78 is 5.09. The molecule has 1 fully saturated rings. The molecule has 0 unspecified atom stereocenters. The maximum absolute atomic E-state index is 11.3. The van der Waals surface area contributed by atoms with Gasteiger partial charge in [0.15, 0.2) is 0 Å². The molecule has 2 amide bonds. The third-order valence-corrected chi connectivity index (χ3v) is 2.13. The molecule has 0 bridgehead atoms. The molecule has 1 aromatic rings. The van der Waals surface area contributed by atoms with Crippen LogP contribution in [0.1, 0.15) is 12.2 Å². The van der Waals surface area contributed by atoms with Gasteiger partial charge in [-0.05, 0) is 12.1 Å². The lowest BCUT2D eigenvalue weighted by Crippen LogP contribution is -2.57. The summed E-state index contributed by atoms with van der Waals surface area (Å²) in [5, 5.41) is 2.94. The van der Waals surface area contributed by atoms with Crippen LogP contribution in [0.25, 0.3) is 0 Å². The molecule has 1 atom stereocenters. The summed E-state index contributed by atoms with van der Waals surface area (Å²) in [7, 11) is 0. The molecule has 15 heavy (non-hydrogen) atoms. The third-order valence-electron chi connectivity index (χ3n) is 2.13. The number of carbonyl (C=O) groups excluding carboxylic acids is 2. The van der Waals surface area contributed by atoms with Gasteiger partial charge in [0.05, 0.1) is 25.3 Å². The van der Waals surface area contributed by atoms with Gasteiger partial charge in [-0.2, -0.15) is 0 Å². The van der Waals surface area contributed by atoms with Crippen LogP contribution in [0, 0.1) is 0 Å². The zero-order valence-corrected chi connectivity index (χ0v) is 7.95. The van der Waals surface area contributed by atoms with Crippen molar-refractivity contribution in [3.63, 3.8) is 0 Å². The fourth-order valence-electron chi connectivity index (χ4n) is 1.35. The van der Waals surface area contributed by atoms with E-state index in [2.05, 4.69) is 16.2 Å². The first-order chi connectivity index (χ1) is 7.25. The van der Waals surface area contributed by atoms with Gasteiger partial charge in [0.2, 0.25) is 5.91 Å². The Hall–Kier alpha value is -1.82. The highest BCUT2D eigenvalue weighted by molar-refractivity contribution is 5.93. The molecule has 0 saturated carbocycles. The Bertz CT molecular complexity index is 361. The molecule has 1 aliphatic rings. The molecule has 6 heteroatoms. The molecule has 0 spiro atoms. The van der Waals surface area contributed by atoms with Gasteiger partial charge < -0.3 is 4.42 Å². The number of nitrogens with one attached hydrogen (secondary N) is 3. The van der Waals surface area contributed by atoms with Crippen LogP contribution in [0.3, 0.4) is 0 Å². The largest absolute Gasteiger partial charge is 0.468 e. The standard InChI is InChI=1S/C9H11N3O3/c13-8-4-7(9(14)12-11-8)10-5-6-2-1-3-15-6/h1-3,7,10H,4-5H2,(H,11,13)(H,12,14)/t7-/m1/s1. The van der Waals surface area contributed by atoms with Crippen molar-refractivity contribution in [2.75, 3.05) is 0 Å². The van der Waals surface area contributed by atoms with E-state index in [1.54, 1.807) is 18.4 Å². The van der Waals surface area contributed by atoms with Crippen molar-refractivity contribution in [1.82, 2.24) is 16.2 Å². The van der Waals surface area contributed by atoms with E-state index in [0.29, 0.717) is 6.54 Å². The van der Waals surface area contributed by atoms with Crippen molar-refractivity contribution in [2.24, 2.45) is 0 Å². The first kappa shape index (κ1) is 9.72. The minimum Gasteiger partial charge on any atom is -0.468 e. The van der Waals surface area contributed by atoms with E-state index < -0.39 is 6.04 Å². The van der Waals surface area contributed by atoms with Crippen LogP contribution < -0.4 is 16.2 Å². The fourth-order valence-corrected chi connectivity index (χ4v) is 1.35. The molecule has 0 aromatic carbocycles. The number of amides is 2. The van der Waals surface area contributed by atoms with Crippen LogP contribution in [0.2, 0.25) is 0 Å². The second-order valence-corrected chi connectivity index (χ2v) is 3.25. The van der Waals surface area contributed by atoms with E-state index in [1.165, 1.54) is 0 Å². The molecule has 3 N–H and O–H groups in total. The van der Waals surface area contributed by atoms with Gasteiger partial charge in [-0.3, -0.25) is 25.8 Å². The average molecular weight is 209 g/mol. The van der Waals surface area contributed by atoms with Crippen molar-refractivity contribution in [2.45, 2.75) is 19.0 Å². The summed E-state index contributed by atoms with van der Waals surface area (Å²) in [6.45, 7) is 0.429. The summed E-state index contributed by atoms with van der Waals surface area (Å²) in [5.41, 5.74) is 4.53. The average Bonchev–Trinajstić information content (AvgIpc) is 2.72. The van der Waals surface area contributed by atoms with Crippen LogP contribution in [0.15, 0.2) is 22.8 Å². The lowest BCUT2D eigenvalue weighted by molar-refractivity contribution is -0.136. The SMILES string of the molecule is O=C1C[C@@H](NCc2ccco2)C(=O)NN1. The highest BCUT2D eigenvalue weighted by atomic mass is 16.3. The van der Waals surface area contributed by atoms with Gasteiger partial charge in [-0.15, -0.1) is 0 Å². The van der Waals surface area contributed by atoms with Crippen molar-refractivity contribution < 1.29 is 14.0 Å².